The minimum absolute atomic E-state index is 0.0541. The van der Waals surface area contributed by atoms with E-state index in [9.17, 15) is 4.79 Å². The highest BCUT2D eigenvalue weighted by atomic mass is 35.5. The van der Waals surface area contributed by atoms with Crippen LogP contribution in [0.25, 0.3) is 22.5 Å². The smallest absolute Gasteiger partial charge is 0.274 e. The lowest BCUT2D eigenvalue weighted by Gasteiger charge is -2.31. The highest BCUT2D eigenvalue weighted by Gasteiger charge is 2.34. The Morgan fingerprint density at radius 2 is 1.95 bits per heavy atom. The number of amides is 1. The van der Waals surface area contributed by atoms with Gasteiger partial charge < -0.3 is 30.2 Å². The van der Waals surface area contributed by atoms with Gasteiger partial charge in [-0.2, -0.15) is 5.10 Å². The highest BCUT2D eigenvalue weighted by Crippen LogP contribution is 2.45. The maximum absolute atomic E-state index is 13.7. The molecule has 0 spiro atoms. The number of nitrogens with one attached hydrogen (secondary N) is 2. The van der Waals surface area contributed by atoms with E-state index in [2.05, 4.69) is 5.32 Å². The third kappa shape index (κ3) is 5.61. The molecule has 1 amide bonds. The number of hydrogen-bond acceptors (Lipinski definition) is 7. The standard InChI is InChI=1S/C28H31Cl2N5O4/c1-28(2,3)34(4)27(37)25-22-15-39-24-12-23(38-5)20(16(13-31)14-32-6-7-36)11-21(24)26(22)35(33-25)19-9-17(29)8-18(30)10-19/h8-14,31-32,36H,6-7,15H2,1-5H3/b16-14+,31-13?. The second kappa shape index (κ2) is 11.3. The van der Waals surface area contributed by atoms with E-state index >= 15 is 0 Å². The molecule has 0 unspecified atom stereocenters. The van der Waals surface area contributed by atoms with Crippen molar-refractivity contribution in [2.75, 3.05) is 27.3 Å². The number of rotatable bonds is 8. The average Bonchev–Trinajstić information content (AvgIpc) is 3.29. The molecule has 0 atom stereocenters. The number of methoxy groups -OCH3 is 1. The summed E-state index contributed by atoms with van der Waals surface area (Å²) in [6.07, 6.45) is 2.83. The number of halogens is 2. The van der Waals surface area contributed by atoms with Crippen molar-refractivity contribution in [1.82, 2.24) is 20.0 Å². The fraction of sp³-hybridized carbons (Fsp3) is 0.321. The van der Waals surface area contributed by atoms with Gasteiger partial charge in [0.1, 0.15) is 18.1 Å². The Kier molecular flexibility index (Phi) is 8.25. The zero-order chi connectivity index (χ0) is 28.5. The molecule has 0 saturated carbocycles. The van der Waals surface area contributed by atoms with Crippen LogP contribution in [0.1, 0.15) is 42.4 Å². The van der Waals surface area contributed by atoms with E-state index in [1.165, 1.54) is 6.21 Å². The molecular formula is C28H31Cl2N5O4. The molecule has 0 aliphatic carbocycles. The quantitative estimate of drug-likeness (QED) is 0.253. The number of aliphatic hydroxyl groups excluding tert-OH is 1. The molecule has 2 aromatic carbocycles. The maximum Gasteiger partial charge on any atom is 0.274 e. The lowest BCUT2D eigenvalue weighted by atomic mass is 9.96. The second-order valence-corrected chi connectivity index (χ2v) is 10.9. The van der Waals surface area contributed by atoms with Gasteiger partial charge in [-0.3, -0.25) is 4.79 Å². The van der Waals surface area contributed by atoms with Gasteiger partial charge >= 0.3 is 0 Å². The zero-order valence-corrected chi connectivity index (χ0v) is 23.9. The first kappa shape index (κ1) is 28.5. The van der Waals surface area contributed by atoms with Crippen LogP contribution in [0.15, 0.2) is 36.5 Å². The lowest BCUT2D eigenvalue weighted by Crippen LogP contribution is -2.43. The monoisotopic (exact) mass is 571 g/mol. The van der Waals surface area contributed by atoms with Gasteiger partial charge in [-0.05, 0) is 45.0 Å². The number of fused-ring (bicyclic) bond motifs is 3. The van der Waals surface area contributed by atoms with Gasteiger partial charge in [0.2, 0.25) is 0 Å². The first-order valence-electron chi connectivity index (χ1n) is 12.3. The first-order valence-corrected chi connectivity index (χ1v) is 13.0. The lowest BCUT2D eigenvalue weighted by molar-refractivity contribution is 0.0646. The van der Waals surface area contributed by atoms with E-state index < -0.39 is 5.54 Å². The summed E-state index contributed by atoms with van der Waals surface area (Å²) in [5, 5.41) is 25.8. The van der Waals surface area contributed by atoms with Crippen molar-refractivity contribution in [2.24, 2.45) is 0 Å². The van der Waals surface area contributed by atoms with E-state index in [1.807, 2.05) is 26.8 Å². The number of nitrogens with zero attached hydrogens (tertiary/aromatic N) is 3. The Balaban J connectivity index is 2.00. The molecule has 1 aliphatic rings. The predicted molar refractivity (Wildman–Crippen MR) is 154 cm³/mol. The molecule has 9 nitrogen and oxygen atoms in total. The molecule has 39 heavy (non-hydrogen) atoms. The van der Waals surface area contributed by atoms with E-state index in [0.29, 0.717) is 61.7 Å². The Bertz CT molecular complexity index is 1440. The van der Waals surface area contributed by atoms with Crippen molar-refractivity contribution in [3.8, 4) is 28.4 Å². The van der Waals surface area contributed by atoms with Gasteiger partial charge in [0.15, 0.2) is 5.69 Å². The van der Waals surface area contributed by atoms with E-state index in [-0.39, 0.29) is 24.8 Å². The van der Waals surface area contributed by atoms with Gasteiger partial charge in [-0.15, -0.1) is 0 Å². The van der Waals surface area contributed by atoms with Crippen LogP contribution in [-0.2, 0) is 6.61 Å². The van der Waals surface area contributed by atoms with E-state index in [0.717, 1.165) is 0 Å². The van der Waals surface area contributed by atoms with Crippen molar-refractivity contribution in [2.45, 2.75) is 32.9 Å². The molecule has 2 heterocycles. The third-order valence-corrected chi connectivity index (χ3v) is 6.93. The Morgan fingerprint density at radius 1 is 1.26 bits per heavy atom. The molecular weight excluding hydrogens is 541 g/mol. The van der Waals surface area contributed by atoms with Gasteiger partial charge in [0.25, 0.3) is 5.91 Å². The van der Waals surface area contributed by atoms with Crippen molar-refractivity contribution in [3.63, 3.8) is 0 Å². The minimum atomic E-state index is -0.438. The molecule has 0 fully saturated rings. The van der Waals surface area contributed by atoms with Crippen LogP contribution in [0.3, 0.4) is 0 Å². The molecule has 0 radical (unpaired) electrons. The van der Waals surface area contributed by atoms with Gasteiger partial charge in [0, 0.05) is 69.9 Å². The molecule has 1 aliphatic heterocycles. The third-order valence-electron chi connectivity index (χ3n) is 6.50. The average molecular weight is 572 g/mol. The summed E-state index contributed by atoms with van der Waals surface area (Å²) in [7, 11) is 3.28. The number of ether oxygens (including phenoxy) is 2. The Labute approximate surface area is 237 Å². The van der Waals surface area contributed by atoms with Crippen LogP contribution in [0.4, 0.5) is 0 Å². The summed E-state index contributed by atoms with van der Waals surface area (Å²) in [5.41, 5.74) is 3.47. The molecule has 0 bridgehead atoms. The van der Waals surface area contributed by atoms with Crippen molar-refractivity contribution >= 4 is 40.9 Å². The molecule has 3 N–H and O–H groups in total. The van der Waals surface area contributed by atoms with Crippen LogP contribution in [0.2, 0.25) is 10.0 Å². The SMILES string of the molecule is COc1cc2c(cc1/C(C=N)=C/NCCO)-c1c(c(C(=O)N(C)C(C)(C)C)nn1-c1cc(Cl)cc(Cl)c1)CO2. The normalized spacial score (nSPS) is 12.8. The topological polar surface area (TPSA) is 113 Å². The second-order valence-electron chi connectivity index (χ2n) is 10.0. The van der Waals surface area contributed by atoms with Crippen LogP contribution >= 0.6 is 23.2 Å². The minimum Gasteiger partial charge on any atom is -0.496 e. The number of carbonyl (C=O) groups excluding carboxylic acids is 1. The summed E-state index contributed by atoms with van der Waals surface area (Å²) < 4.78 is 13.4. The Hall–Kier alpha value is -3.53. The van der Waals surface area contributed by atoms with Gasteiger partial charge in [0.05, 0.1) is 25.1 Å². The van der Waals surface area contributed by atoms with Crippen LogP contribution in [0.5, 0.6) is 11.5 Å². The van der Waals surface area contributed by atoms with Crippen molar-refractivity contribution in [3.05, 3.63) is 63.4 Å². The summed E-state index contributed by atoms with van der Waals surface area (Å²) >= 11 is 12.7. The number of carbonyl (C=O) groups is 1. The fourth-order valence-corrected chi connectivity index (χ4v) is 4.72. The van der Waals surface area contributed by atoms with Crippen LogP contribution < -0.4 is 14.8 Å². The van der Waals surface area contributed by atoms with E-state index in [4.69, 9.17) is 48.3 Å². The number of aliphatic hydroxyl groups is 1. The van der Waals surface area contributed by atoms with Crippen LogP contribution in [0, 0.1) is 5.41 Å². The fourth-order valence-electron chi connectivity index (χ4n) is 4.20. The number of benzene rings is 2. The predicted octanol–water partition coefficient (Wildman–Crippen LogP) is 5.19. The summed E-state index contributed by atoms with van der Waals surface area (Å²) in [5.74, 6) is 0.784. The molecule has 3 aromatic rings. The van der Waals surface area contributed by atoms with Crippen molar-refractivity contribution in [1.29, 1.82) is 5.41 Å². The van der Waals surface area contributed by atoms with Crippen LogP contribution in [-0.4, -0.2) is 64.8 Å². The maximum atomic E-state index is 13.7. The highest BCUT2D eigenvalue weighted by molar-refractivity contribution is 6.34. The van der Waals surface area contributed by atoms with Gasteiger partial charge in [-0.1, -0.05) is 23.2 Å². The summed E-state index contributed by atoms with van der Waals surface area (Å²) in [6.45, 7) is 6.24. The number of hydrogen-bond donors (Lipinski definition) is 3. The Morgan fingerprint density at radius 3 is 2.54 bits per heavy atom. The molecule has 11 heteroatoms. The first-order chi connectivity index (χ1) is 18.5. The molecule has 0 saturated heterocycles. The molecule has 1 aromatic heterocycles. The van der Waals surface area contributed by atoms with E-state index in [1.54, 1.807) is 54.2 Å². The zero-order valence-electron chi connectivity index (χ0n) is 22.4. The summed E-state index contributed by atoms with van der Waals surface area (Å²) in [6, 6.07) is 8.67. The molecule has 4 rings (SSSR count). The molecule has 206 valence electrons. The summed E-state index contributed by atoms with van der Waals surface area (Å²) in [4.78, 5) is 15.3. The number of aromatic nitrogens is 2. The van der Waals surface area contributed by atoms with Gasteiger partial charge in [-0.25, -0.2) is 4.68 Å². The number of allylic oxidation sites excluding steroid dienone is 1. The van der Waals surface area contributed by atoms with Crippen molar-refractivity contribution < 1.29 is 19.4 Å². The largest absolute Gasteiger partial charge is 0.496 e.